The van der Waals surface area contributed by atoms with Crippen molar-refractivity contribution in [2.45, 2.75) is 12.1 Å². The van der Waals surface area contributed by atoms with Crippen LogP contribution in [0.5, 0.6) is 5.75 Å². The zero-order valence-corrected chi connectivity index (χ0v) is 20.8. The summed E-state index contributed by atoms with van der Waals surface area (Å²) in [4.78, 5) is 21.9. The van der Waals surface area contributed by atoms with Crippen LogP contribution >= 0.6 is 46.9 Å². The fraction of sp³-hybridized carbons (Fsp3) is 0.182. The Morgan fingerprint density at radius 3 is 2.82 bits per heavy atom. The molecule has 33 heavy (non-hydrogen) atoms. The van der Waals surface area contributed by atoms with Gasteiger partial charge in [0, 0.05) is 5.02 Å². The largest absolute Gasteiger partial charge is 0.495 e. The van der Waals surface area contributed by atoms with Gasteiger partial charge >= 0.3 is 5.97 Å². The molecule has 0 spiro atoms. The second-order valence-corrected chi connectivity index (χ2v) is 9.94. The van der Waals surface area contributed by atoms with Crippen molar-refractivity contribution >= 4 is 79.9 Å². The van der Waals surface area contributed by atoms with E-state index in [0.29, 0.717) is 37.8 Å². The number of thiazole rings is 1. The van der Waals surface area contributed by atoms with E-state index in [9.17, 15) is 4.79 Å². The van der Waals surface area contributed by atoms with E-state index in [1.165, 1.54) is 23.1 Å². The highest BCUT2D eigenvalue weighted by Crippen LogP contribution is 2.36. The molecule has 0 radical (unpaired) electrons. The lowest BCUT2D eigenvalue weighted by atomic mass is 10.3. The van der Waals surface area contributed by atoms with Gasteiger partial charge in [-0.3, -0.25) is 13.8 Å². The summed E-state index contributed by atoms with van der Waals surface area (Å²) in [7, 11) is 1.60. The number of halogens is 1. The van der Waals surface area contributed by atoms with Crippen LogP contribution in [0.2, 0.25) is 5.02 Å². The maximum Gasteiger partial charge on any atom is 0.316 e. The topological polar surface area (TPSA) is 70.6 Å². The van der Waals surface area contributed by atoms with E-state index in [-0.39, 0.29) is 11.7 Å². The predicted octanol–water partition coefficient (Wildman–Crippen LogP) is 5.93. The van der Waals surface area contributed by atoms with Crippen molar-refractivity contribution in [1.29, 1.82) is 0 Å². The van der Waals surface area contributed by atoms with Crippen LogP contribution in [-0.2, 0) is 9.53 Å². The Morgan fingerprint density at radius 1 is 1.21 bits per heavy atom. The number of carbonyl (C=O) groups excluding carboxylic acids is 1. The quantitative estimate of drug-likeness (QED) is 0.120. The molecule has 5 rings (SSSR count). The smallest absolute Gasteiger partial charge is 0.316 e. The molecular formula is C22H17ClN4O3S3. The molecule has 0 atom stereocenters. The summed E-state index contributed by atoms with van der Waals surface area (Å²) < 4.78 is 15.9. The molecule has 7 nitrogen and oxygen atoms in total. The van der Waals surface area contributed by atoms with Crippen LogP contribution in [0.4, 0.5) is 0 Å². The van der Waals surface area contributed by atoms with Crippen molar-refractivity contribution in [3.8, 4) is 11.4 Å². The molecule has 0 aliphatic rings. The van der Waals surface area contributed by atoms with Gasteiger partial charge in [-0.2, -0.15) is 0 Å². The molecule has 0 unspecified atom stereocenters. The Labute approximate surface area is 206 Å². The first-order chi connectivity index (χ1) is 16.0. The van der Waals surface area contributed by atoms with Crippen molar-refractivity contribution in [1.82, 2.24) is 18.9 Å². The highest BCUT2D eigenvalue weighted by molar-refractivity contribution is 7.99. The van der Waals surface area contributed by atoms with Crippen LogP contribution in [0.25, 0.3) is 32.7 Å². The number of ether oxygens (including phenoxy) is 2. The molecule has 0 saturated carbocycles. The molecule has 0 N–H and O–H groups in total. The number of methoxy groups -OCH3 is 1. The first-order valence-corrected chi connectivity index (χ1v) is 12.6. The Bertz CT molecular complexity index is 1590. The first-order valence-electron chi connectivity index (χ1n) is 9.97. The summed E-state index contributed by atoms with van der Waals surface area (Å²) >= 11 is 14.7. The maximum absolute atomic E-state index is 12.1. The standard InChI is InChI=1S/C22H17ClN4O3S3/c1-3-30-17(28)11-32-21-25-20-18(19-24-13-6-4-5-7-14(13)26(19)21)33-22(31)27(20)15-10-12(23)8-9-16(15)29-2/h4-10H,3,11H2,1-2H3. The average Bonchev–Trinajstić information content (AvgIpc) is 3.35. The molecule has 0 fully saturated rings. The summed E-state index contributed by atoms with van der Waals surface area (Å²) in [5.74, 6) is 0.436. The van der Waals surface area contributed by atoms with E-state index in [2.05, 4.69) is 0 Å². The highest BCUT2D eigenvalue weighted by atomic mass is 35.5. The lowest BCUT2D eigenvalue weighted by Gasteiger charge is -2.12. The SMILES string of the molecule is CCOC(=O)CSc1nc2c(sc(=S)n2-c2cc(Cl)ccc2OC)c2nc3ccccc3n12. The summed E-state index contributed by atoms with van der Waals surface area (Å²) in [6.07, 6.45) is 0. The highest BCUT2D eigenvalue weighted by Gasteiger charge is 2.21. The second-order valence-electron chi connectivity index (χ2n) is 6.92. The Kier molecular flexibility index (Phi) is 6.00. The van der Waals surface area contributed by atoms with Gasteiger partial charge in [0.1, 0.15) is 10.4 Å². The number of aromatic nitrogens is 4. The minimum atomic E-state index is -0.305. The minimum absolute atomic E-state index is 0.124. The van der Waals surface area contributed by atoms with Crippen LogP contribution in [-0.4, -0.2) is 44.4 Å². The van der Waals surface area contributed by atoms with Crippen LogP contribution < -0.4 is 4.74 Å². The molecule has 3 heterocycles. The lowest BCUT2D eigenvalue weighted by molar-refractivity contribution is -0.139. The van der Waals surface area contributed by atoms with Gasteiger partial charge in [0.25, 0.3) is 0 Å². The Hall–Kier alpha value is -2.66. The maximum atomic E-state index is 12.1. The van der Waals surface area contributed by atoms with Gasteiger partial charge < -0.3 is 9.47 Å². The lowest BCUT2D eigenvalue weighted by Crippen LogP contribution is -2.08. The van der Waals surface area contributed by atoms with Gasteiger partial charge in [0.2, 0.25) is 0 Å². The zero-order valence-electron chi connectivity index (χ0n) is 17.6. The molecule has 168 valence electrons. The fourth-order valence-electron chi connectivity index (χ4n) is 3.60. The summed E-state index contributed by atoms with van der Waals surface area (Å²) in [5, 5.41) is 1.17. The minimum Gasteiger partial charge on any atom is -0.495 e. The number of nitrogens with zero attached hydrogens (tertiary/aromatic N) is 4. The number of benzene rings is 2. The third kappa shape index (κ3) is 3.86. The number of hydrogen-bond donors (Lipinski definition) is 0. The van der Waals surface area contributed by atoms with Crippen molar-refractivity contribution < 1.29 is 14.3 Å². The molecule has 0 aliphatic carbocycles. The average molecular weight is 517 g/mol. The molecule has 0 aliphatic heterocycles. The van der Waals surface area contributed by atoms with Crippen LogP contribution in [0.1, 0.15) is 6.92 Å². The number of fused-ring (bicyclic) bond motifs is 5. The number of para-hydroxylation sites is 2. The number of thioether (sulfide) groups is 1. The van der Waals surface area contributed by atoms with Crippen molar-refractivity contribution in [3.05, 3.63) is 51.4 Å². The summed E-state index contributed by atoms with van der Waals surface area (Å²) in [5.41, 5.74) is 3.77. The Morgan fingerprint density at radius 2 is 2.03 bits per heavy atom. The van der Waals surface area contributed by atoms with E-state index < -0.39 is 0 Å². The van der Waals surface area contributed by atoms with Crippen molar-refractivity contribution in [2.24, 2.45) is 0 Å². The molecule has 0 bridgehead atoms. The van der Waals surface area contributed by atoms with Gasteiger partial charge in [-0.25, -0.2) is 9.97 Å². The second kappa shape index (κ2) is 8.94. The monoisotopic (exact) mass is 516 g/mol. The van der Waals surface area contributed by atoms with E-state index in [1.54, 1.807) is 32.2 Å². The van der Waals surface area contributed by atoms with Gasteiger partial charge in [-0.15, -0.1) is 0 Å². The van der Waals surface area contributed by atoms with E-state index in [0.717, 1.165) is 21.4 Å². The number of imidazole rings is 1. The first kappa shape index (κ1) is 22.1. The van der Waals surface area contributed by atoms with Crippen LogP contribution in [0.15, 0.2) is 47.6 Å². The van der Waals surface area contributed by atoms with Crippen LogP contribution in [0, 0.1) is 3.95 Å². The van der Waals surface area contributed by atoms with Gasteiger partial charge in [0.15, 0.2) is 20.4 Å². The molecule has 0 amide bonds. The number of esters is 1. The fourth-order valence-corrected chi connectivity index (χ4v) is 5.90. The third-order valence-corrected chi connectivity index (χ3v) is 7.46. The molecule has 2 aromatic carbocycles. The molecule has 3 aromatic heterocycles. The van der Waals surface area contributed by atoms with E-state index in [1.807, 2.05) is 33.2 Å². The molecule has 0 saturated heterocycles. The number of rotatable bonds is 6. The summed E-state index contributed by atoms with van der Waals surface area (Å²) in [6.45, 7) is 2.11. The van der Waals surface area contributed by atoms with E-state index in [4.69, 9.17) is 43.3 Å². The molecular weight excluding hydrogens is 500 g/mol. The van der Waals surface area contributed by atoms with Crippen molar-refractivity contribution in [3.63, 3.8) is 0 Å². The zero-order chi connectivity index (χ0) is 23.1. The molecule has 5 aromatic rings. The Balaban J connectivity index is 1.82. The van der Waals surface area contributed by atoms with Gasteiger partial charge in [0.05, 0.1) is 36.2 Å². The van der Waals surface area contributed by atoms with Gasteiger partial charge in [-0.05, 0) is 49.5 Å². The third-order valence-electron chi connectivity index (χ3n) is 4.95. The molecule has 11 heteroatoms. The van der Waals surface area contributed by atoms with Gasteiger partial charge in [-0.1, -0.05) is 46.8 Å². The normalized spacial score (nSPS) is 11.5. The number of hydrogen-bond acceptors (Lipinski definition) is 8. The summed E-state index contributed by atoms with van der Waals surface area (Å²) in [6, 6.07) is 13.2. The van der Waals surface area contributed by atoms with Crippen molar-refractivity contribution in [2.75, 3.05) is 19.5 Å². The number of carbonyl (C=O) groups is 1. The predicted molar refractivity (Wildman–Crippen MR) is 135 cm³/mol. The van der Waals surface area contributed by atoms with Crippen LogP contribution in [0.3, 0.4) is 0 Å². The van der Waals surface area contributed by atoms with E-state index >= 15 is 0 Å².